The summed E-state index contributed by atoms with van der Waals surface area (Å²) in [5.41, 5.74) is 3.92. The fourth-order valence-electron chi connectivity index (χ4n) is 3.70. The Morgan fingerprint density at radius 1 is 1.11 bits per heavy atom. The second-order valence-corrected chi connectivity index (χ2v) is 8.92. The van der Waals surface area contributed by atoms with E-state index < -0.39 is 0 Å². The van der Waals surface area contributed by atoms with Gasteiger partial charge in [0, 0.05) is 23.2 Å². The van der Waals surface area contributed by atoms with Crippen molar-refractivity contribution in [3.8, 4) is 17.2 Å². The van der Waals surface area contributed by atoms with Crippen LogP contribution in [0.3, 0.4) is 0 Å². The lowest BCUT2D eigenvalue weighted by atomic mass is 10.1. The minimum absolute atomic E-state index is 0.311. The van der Waals surface area contributed by atoms with E-state index in [4.69, 9.17) is 14.2 Å². The monoisotopic (exact) mass is 411 g/mol. The number of nitrogens with zero attached hydrogens (tertiary/aromatic N) is 1. The van der Waals surface area contributed by atoms with E-state index in [1.807, 2.05) is 17.8 Å². The summed E-state index contributed by atoms with van der Waals surface area (Å²) in [6, 6.07) is 14.9. The number of fused-ring (bicyclic) bond motifs is 2. The van der Waals surface area contributed by atoms with Gasteiger partial charge in [-0.05, 0) is 64.7 Å². The molecule has 3 aromatic rings. The van der Waals surface area contributed by atoms with Crippen molar-refractivity contribution < 1.29 is 14.2 Å². The molecule has 3 heterocycles. The molecule has 0 aliphatic carbocycles. The van der Waals surface area contributed by atoms with Crippen molar-refractivity contribution >= 4 is 28.8 Å². The minimum Gasteiger partial charge on any atom is -0.497 e. The van der Waals surface area contributed by atoms with E-state index in [9.17, 15) is 0 Å². The van der Waals surface area contributed by atoms with Crippen LogP contribution in [0.15, 0.2) is 58.1 Å². The van der Waals surface area contributed by atoms with Gasteiger partial charge in [0.15, 0.2) is 11.5 Å². The largest absolute Gasteiger partial charge is 0.497 e. The summed E-state index contributed by atoms with van der Waals surface area (Å²) in [5.74, 6) is 2.58. The number of rotatable bonds is 4. The maximum absolute atomic E-state index is 5.60. The third-order valence-electron chi connectivity index (χ3n) is 5.16. The van der Waals surface area contributed by atoms with Gasteiger partial charge in [-0.2, -0.15) is 11.3 Å². The van der Waals surface area contributed by atoms with Crippen molar-refractivity contribution in [3.05, 3.63) is 64.4 Å². The Hall–Kier alpha value is -2.31. The van der Waals surface area contributed by atoms with Crippen molar-refractivity contribution in [3.63, 3.8) is 0 Å². The normalized spacial score (nSPS) is 17.9. The summed E-state index contributed by atoms with van der Waals surface area (Å²) in [6.07, 6.45) is 1.06. The van der Waals surface area contributed by atoms with Crippen molar-refractivity contribution in [1.29, 1.82) is 0 Å². The average molecular weight is 412 g/mol. The highest BCUT2D eigenvalue weighted by atomic mass is 32.2. The molecule has 1 unspecified atom stereocenters. The van der Waals surface area contributed by atoms with Gasteiger partial charge in [0.2, 0.25) is 6.79 Å². The van der Waals surface area contributed by atoms with Crippen LogP contribution >= 0.6 is 23.1 Å². The molecule has 5 rings (SSSR count). The van der Waals surface area contributed by atoms with Crippen molar-refractivity contribution in [1.82, 2.24) is 0 Å². The topological polar surface area (TPSA) is 30.9 Å². The Morgan fingerprint density at radius 2 is 2.04 bits per heavy atom. The molecule has 0 saturated carbocycles. The van der Waals surface area contributed by atoms with Gasteiger partial charge in [-0.25, -0.2) is 0 Å². The molecule has 28 heavy (non-hydrogen) atoms. The highest BCUT2D eigenvalue weighted by Crippen LogP contribution is 2.48. The number of benzene rings is 2. The predicted molar refractivity (Wildman–Crippen MR) is 114 cm³/mol. The van der Waals surface area contributed by atoms with Crippen molar-refractivity contribution in [2.75, 3.05) is 25.3 Å². The Bertz CT molecular complexity index is 974. The fraction of sp³-hybridized carbons (Fsp3) is 0.273. The van der Waals surface area contributed by atoms with Gasteiger partial charge >= 0.3 is 0 Å². The molecule has 2 aliphatic heterocycles. The Labute approximate surface area is 173 Å². The van der Waals surface area contributed by atoms with Crippen LogP contribution in [0.1, 0.15) is 22.8 Å². The van der Waals surface area contributed by atoms with Crippen LogP contribution in [0.5, 0.6) is 17.2 Å². The Morgan fingerprint density at radius 3 is 2.89 bits per heavy atom. The van der Waals surface area contributed by atoms with Gasteiger partial charge in [0.1, 0.15) is 5.75 Å². The maximum atomic E-state index is 5.60. The lowest BCUT2D eigenvalue weighted by Gasteiger charge is -2.24. The molecule has 2 aromatic carbocycles. The van der Waals surface area contributed by atoms with Crippen LogP contribution in [-0.4, -0.2) is 20.4 Å². The first-order chi connectivity index (χ1) is 13.8. The fourth-order valence-corrected chi connectivity index (χ4v) is 5.67. The quantitative estimate of drug-likeness (QED) is 0.547. The number of thiophene rings is 1. The summed E-state index contributed by atoms with van der Waals surface area (Å²) in [7, 11) is 1.72. The molecule has 0 N–H and O–H groups in total. The zero-order chi connectivity index (χ0) is 18.9. The lowest BCUT2D eigenvalue weighted by molar-refractivity contribution is 0.174. The third-order valence-corrected chi connectivity index (χ3v) is 7.27. The van der Waals surface area contributed by atoms with Gasteiger partial charge in [-0.15, -0.1) is 11.8 Å². The zero-order valence-corrected chi connectivity index (χ0v) is 17.2. The van der Waals surface area contributed by atoms with Crippen LogP contribution in [0.25, 0.3) is 0 Å². The highest BCUT2D eigenvalue weighted by molar-refractivity contribution is 7.99. The SMILES string of the molecule is COc1ccc2c(c1)SC(c1ccc3c(c1)OCO3)CCN2Cc1ccsc1. The first-order valence-corrected chi connectivity index (χ1v) is 11.1. The molecule has 1 atom stereocenters. The van der Waals surface area contributed by atoms with Crippen LogP contribution in [-0.2, 0) is 6.54 Å². The number of hydrogen-bond acceptors (Lipinski definition) is 6. The van der Waals surface area contributed by atoms with E-state index >= 15 is 0 Å². The zero-order valence-electron chi connectivity index (χ0n) is 15.6. The second kappa shape index (κ2) is 7.60. The summed E-state index contributed by atoms with van der Waals surface area (Å²) in [5, 5.41) is 4.73. The van der Waals surface area contributed by atoms with Gasteiger partial charge in [0.05, 0.1) is 12.8 Å². The molecular formula is C22H21NO3S2. The van der Waals surface area contributed by atoms with Crippen LogP contribution in [0.4, 0.5) is 5.69 Å². The van der Waals surface area contributed by atoms with Gasteiger partial charge in [-0.3, -0.25) is 0 Å². The molecule has 0 saturated heterocycles. The van der Waals surface area contributed by atoms with E-state index in [1.54, 1.807) is 18.4 Å². The maximum Gasteiger partial charge on any atom is 0.231 e. The number of methoxy groups -OCH3 is 1. The van der Waals surface area contributed by atoms with E-state index in [2.05, 4.69) is 52.1 Å². The molecule has 144 valence electrons. The van der Waals surface area contributed by atoms with E-state index in [1.165, 1.54) is 21.7 Å². The first-order valence-electron chi connectivity index (χ1n) is 9.30. The summed E-state index contributed by atoms with van der Waals surface area (Å²) < 4.78 is 16.6. The average Bonchev–Trinajstić information content (AvgIpc) is 3.37. The van der Waals surface area contributed by atoms with Gasteiger partial charge in [0.25, 0.3) is 0 Å². The molecule has 0 bridgehead atoms. The number of thioether (sulfide) groups is 1. The smallest absolute Gasteiger partial charge is 0.231 e. The summed E-state index contributed by atoms with van der Waals surface area (Å²) in [6.45, 7) is 2.24. The van der Waals surface area contributed by atoms with E-state index in [0.29, 0.717) is 12.0 Å². The standard InChI is InChI=1S/C22H21NO3S2/c1-24-17-3-4-18-22(11-17)28-21(6-8-23(18)12-15-7-9-27-13-15)16-2-5-19-20(10-16)26-14-25-19/h2-5,7,9-11,13,21H,6,8,12,14H2,1H3. The predicted octanol–water partition coefficient (Wildman–Crippen LogP) is 5.73. The van der Waals surface area contributed by atoms with Crippen molar-refractivity contribution in [2.24, 2.45) is 0 Å². The molecule has 4 nitrogen and oxygen atoms in total. The van der Waals surface area contributed by atoms with Gasteiger partial charge < -0.3 is 19.1 Å². The number of ether oxygens (including phenoxy) is 3. The second-order valence-electron chi connectivity index (χ2n) is 6.89. The molecule has 1 aromatic heterocycles. The molecule has 6 heteroatoms. The van der Waals surface area contributed by atoms with Crippen LogP contribution in [0, 0.1) is 0 Å². The molecule has 0 spiro atoms. The minimum atomic E-state index is 0.311. The Balaban J connectivity index is 1.48. The molecule has 0 radical (unpaired) electrons. The molecule has 0 fully saturated rings. The van der Waals surface area contributed by atoms with Crippen LogP contribution in [0.2, 0.25) is 0 Å². The lowest BCUT2D eigenvalue weighted by Crippen LogP contribution is -2.23. The van der Waals surface area contributed by atoms with E-state index in [-0.39, 0.29) is 0 Å². The third kappa shape index (κ3) is 3.42. The van der Waals surface area contributed by atoms with Crippen molar-refractivity contribution in [2.45, 2.75) is 23.1 Å². The van der Waals surface area contributed by atoms with Crippen LogP contribution < -0.4 is 19.1 Å². The summed E-state index contributed by atoms with van der Waals surface area (Å²) in [4.78, 5) is 3.74. The number of hydrogen-bond donors (Lipinski definition) is 0. The molecule has 2 aliphatic rings. The molecular weight excluding hydrogens is 390 g/mol. The Kier molecular flexibility index (Phi) is 4.82. The number of anilines is 1. The first kappa shape index (κ1) is 17.8. The van der Waals surface area contributed by atoms with E-state index in [0.717, 1.165) is 36.8 Å². The summed E-state index contributed by atoms with van der Waals surface area (Å²) >= 11 is 3.66. The highest BCUT2D eigenvalue weighted by Gasteiger charge is 2.25. The van der Waals surface area contributed by atoms with Gasteiger partial charge in [-0.1, -0.05) is 6.07 Å². The molecule has 0 amide bonds.